The monoisotopic (exact) mass is 463 g/mol. The van der Waals surface area contributed by atoms with Crippen LogP contribution in [0.1, 0.15) is 54.0 Å². The summed E-state index contributed by atoms with van der Waals surface area (Å²) in [5, 5.41) is 0. The lowest BCUT2D eigenvalue weighted by molar-refractivity contribution is -0.143. The number of hydrogen-bond acceptors (Lipinski definition) is 2. The van der Waals surface area contributed by atoms with E-state index in [1.54, 1.807) is 0 Å². The van der Waals surface area contributed by atoms with Crippen LogP contribution in [0.4, 0.5) is 30.7 Å². The van der Waals surface area contributed by atoms with Gasteiger partial charge in [-0.15, -0.1) is 0 Å². The van der Waals surface area contributed by atoms with Gasteiger partial charge in [0.2, 0.25) is 5.91 Å². The second kappa shape index (κ2) is 8.73. The average molecular weight is 463 g/mol. The molecule has 0 bridgehead atoms. The number of primary amides is 1. The Morgan fingerprint density at radius 2 is 1.50 bits per heavy atom. The first-order chi connectivity index (χ1) is 14.8. The SMILES string of the molecule is C[C@@H](OC1CCC(C(N)=O)C1c1ccc(F)cc1)c1cc(C(F)(F)F)cc(C(F)(F)F)c1. The molecule has 3 nitrogen and oxygen atoms in total. The maximum absolute atomic E-state index is 13.3. The molecule has 0 aromatic heterocycles. The van der Waals surface area contributed by atoms with Crippen LogP contribution in [-0.4, -0.2) is 12.0 Å². The molecule has 1 saturated carbocycles. The third-order valence-electron chi connectivity index (χ3n) is 5.67. The molecule has 0 saturated heterocycles. The van der Waals surface area contributed by atoms with Crippen molar-refractivity contribution in [2.75, 3.05) is 0 Å². The summed E-state index contributed by atoms with van der Waals surface area (Å²) in [6.45, 7) is 1.34. The molecule has 1 aliphatic rings. The van der Waals surface area contributed by atoms with Crippen LogP contribution in [0, 0.1) is 11.7 Å². The van der Waals surface area contributed by atoms with Crippen LogP contribution in [0.3, 0.4) is 0 Å². The summed E-state index contributed by atoms with van der Waals surface area (Å²) in [6, 6.07) is 6.57. The van der Waals surface area contributed by atoms with Crippen molar-refractivity contribution in [3.05, 3.63) is 70.5 Å². The molecule has 1 fully saturated rings. The third-order valence-corrected chi connectivity index (χ3v) is 5.67. The van der Waals surface area contributed by atoms with Crippen LogP contribution >= 0.6 is 0 Å². The van der Waals surface area contributed by atoms with E-state index in [4.69, 9.17) is 10.5 Å². The number of hydrogen-bond donors (Lipinski definition) is 1. The number of ether oxygens (including phenoxy) is 1. The number of rotatable bonds is 5. The van der Waals surface area contributed by atoms with Gasteiger partial charge in [-0.3, -0.25) is 4.79 Å². The van der Waals surface area contributed by atoms with E-state index in [0.29, 0.717) is 30.5 Å². The number of carbonyl (C=O) groups is 1. The van der Waals surface area contributed by atoms with Crippen LogP contribution in [0.15, 0.2) is 42.5 Å². The van der Waals surface area contributed by atoms with Gasteiger partial charge in [-0.2, -0.15) is 26.3 Å². The lowest BCUT2D eigenvalue weighted by Gasteiger charge is -2.28. The van der Waals surface area contributed by atoms with Gasteiger partial charge >= 0.3 is 12.4 Å². The first-order valence-electron chi connectivity index (χ1n) is 9.77. The highest BCUT2D eigenvalue weighted by Crippen LogP contribution is 2.44. The van der Waals surface area contributed by atoms with Gasteiger partial charge in [0.05, 0.1) is 23.3 Å². The van der Waals surface area contributed by atoms with Crippen molar-refractivity contribution >= 4 is 5.91 Å². The normalized spacial score (nSPS) is 22.7. The van der Waals surface area contributed by atoms with E-state index in [1.165, 1.54) is 31.2 Å². The minimum Gasteiger partial charge on any atom is -0.370 e. The fraction of sp³-hybridized carbons (Fsp3) is 0.409. The van der Waals surface area contributed by atoms with E-state index in [2.05, 4.69) is 0 Å². The topological polar surface area (TPSA) is 52.3 Å². The number of alkyl halides is 6. The Kier molecular flexibility index (Phi) is 6.55. The van der Waals surface area contributed by atoms with Crippen LogP contribution in [0.5, 0.6) is 0 Å². The first kappa shape index (κ1) is 24.0. The zero-order chi connectivity index (χ0) is 23.8. The molecule has 32 heavy (non-hydrogen) atoms. The molecule has 1 amide bonds. The highest BCUT2D eigenvalue weighted by molar-refractivity contribution is 5.78. The summed E-state index contributed by atoms with van der Waals surface area (Å²) in [6.07, 6.45) is -11.2. The Morgan fingerprint density at radius 3 is 1.97 bits per heavy atom. The molecule has 3 unspecified atom stereocenters. The Morgan fingerprint density at radius 1 is 0.969 bits per heavy atom. The minimum absolute atomic E-state index is 0.0518. The highest BCUT2D eigenvalue weighted by atomic mass is 19.4. The summed E-state index contributed by atoms with van der Waals surface area (Å²) in [5.74, 6) is -2.39. The molecule has 2 N–H and O–H groups in total. The highest BCUT2D eigenvalue weighted by Gasteiger charge is 2.42. The van der Waals surface area contributed by atoms with Gasteiger partial charge in [-0.05, 0) is 61.2 Å². The van der Waals surface area contributed by atoms with E-state index < -0.39 is 59.2 Å². The van der Waals surface area contributed by atoms with Gasteiger partial charge in [0.15, 0.2) is 0 Å². The van der Waals surface area contributed by atoms with E-state index >= 15 is 0 Å². The fourth-order valence-electron chi connectivity index (χ4n) is 4.12. The van der Waals surface area contributed by atoms with Gasteiger partial charge < -0.3 is 10.5 Å². The molecule has 1 aliphatic carbocycles. The maximum atomic E-state index is 13.3. The predicted molar refractivity (Wildman–Crippen MR) is 101 cm³/mol. The smallest absolute Gasteiger partial charge is 0.370 e. The summed E-state index contributed by atoms with van der Waals surface area (Å²) >= 11 is 0. The first-order valence-corrected chi connectivity index (χ1v) is 9.77. The van der Waals surface area contributed by atoms with Gasteiger partial charge in [0.1, 0.15) is 5.82 Å². The molecule has 174 valence electrons. The fourth-order valence-corrected chi connectivity index (χ4v) is 4.12. The largest absolute Gasteiger partial charge is 0.416 e. The molecular formula is C22H20F7NO2. The molecule has 0 heterocycles. The summed E-state index contributed by atoms with van der Waals surface area (Å²) < 4.78 is 98.2. The Hall–Kier alpha value is -2.62. The second-order valence-corrected chi connectivity index (χ2v) is 7.82. The molecule has 0 radical (unpaired) electrons. The summed E-state index contributed by atoms with van der Waals surface area (Å²) in [7, 11) is 0. The van der Waals surface area contributed by atoms with Crippen LogP contribution < -0.4 is 5.73 Å². The van der Waals surface area contributed by atoms with E-state index in [0.717, 1.165) is 0 Å². The maximum Gasteiger partial charge on any atom is 0.416 e. The number of nitrogens with two attached hydrogens (primary N) is 1. The van der Waals surface area contributed by atoms with E-state index in [9.17, 15) is 35.5 Å². The number of amides is 1. The Bertz CT molecular complexity index is 937. The van der Waals surface area contributed by atoms with E-state index in [1.807, 2.05) is 0 Å². The molecule has 4 atom stereocenters. The van der Waals surface area contributed by atoms with Crippen LogP contribution in [0.25, 0.3) is 0 Å². The van der Waals surface area contributed by atoms with Gasteiger partial charge in [-0.25, -0.2) is 4.39 Å². The quantitative estimate of drug-likeness (QED) is 0.554. The summed E-state index contributed by atoms with van der Waals surface area (Å²) in [5.41, 5.74) is 2.85. The Labute approximate surface area is 179 Å². The van der Waals surface area contributed by atoms with Gasteiger partial charge in [0, 0.05) is 11.8 Å². The van der Waals surface area contributed by atoms with Crippen molar-refractivity contribution in [3.8, 4) is 0 Å². The molecule has 0 aliphatic heterocycles. The van der Waals surface area contributed by atoms with Crippen molar-refractivity contribution in [1.82, 2.24) is 0 Å². The third kappa shape index (κ3) is 5.23. The molecule has 10 heteroatoms. The van der Waals surface area contributed by atoms with E-state index in [-0.39, 0.29) is 11.6 Å². The lowest BCUT2D eigenvalue weighted by Crippen LogP contribution is -2.30. The average Bonchev–Trinajstić information content (AvgIpc) is 3.10. The van der Waals surface area contributed by atoms with Gasteiger partial charge in [-0.1, -0.05) is 12.1 Å². The van der Waals surface area contributed by atoms with Crippen molar-refractivity contribution in [1.29, 1.82) is 0 Å². The zero-order valence-corrected chi connectivity index (χ0v) is 16.8. The standard InChI is InChI=1S/C22H20F7NO2/c1-11(13-8-14(21(24,25)26)10-15(9-13)22(27,28)29)32-18-7-6-17(20(30)31)19(18)12-2-4-16(23)5-3-12/h2-5,8-11,17-19H,6-7H2,1H3,(H2,30,31)/t11-,17?,18?,19?/m1/s1. The number of halogens is 7. The second-order valence-electron chi connectivity index (χ2n) is 7.82. The van der Waals surface area contributed by atoms with Gasteiger partial charge in [0.25, 0.3) is 0 Å². The van der Waals surface area contributed by atoms with Crippen molar-refractivity contribution < 1.29 is 40.3 Å². The molecule has 3 rings (SSSR count). The van der Waals surface area contributed by atoms with Crippen LogP contribution in [-0.2, 0) is 21.9 Å². The van der Waals surface area contributed by atoms with Crippen molar-refractivity contribution in [2.24, 2.45) is 11.7 Å². The lowest BCUT2D eigenvalue weighted by atomic mass is 9.87. The number of carbonyl (C=O) groups excluding carboxylic acids is 1. The minimum atomic E-state index is -4.98. The molecule has 0 spiro atoms. The van der Waals surface area contributed by atoms with Crippen LogP contribution in [0.2, 0.25) is 0 Å². The summed E-state index contributed by atoms with van der Waals surface area (Å²) in [4.78, 5) is 11.9. The predicted octanol–water partition coefficient (Wildman–Crippen LogP) is 5.99. The van der Waals surface area contributed by atoms with Crippen molar-refractivity contribution in [2.45, 2.75) is 50.2 Å². The Balaban J connectivity index is 1.93. The molecule has 2 aromatic rings. The zero-order valence-electron chi connectivity index (χ0n) is 16.8. The molecule has 2 aromatic carbocycles. The van der Waals surface area contributed by atoms with Crippen molar-refractivity contribution in [3.63, 3.8) is 0 Å². The molecular weight excluding hydrogens is 443 g/mol. The number of benzene rings is 2.